The highest BCUT2D eigenvalue weighted by Gasteiger charge is 2.16. The summed E-state index contributed by atoms with van der Waals surface area (Å²) >= 11 is 1.44. The van der Waals surface area contributed by atoms with Gasteiger partial charge in [0.1, 0.15) is 6.33 Å². The summed E-state index contributed by atoms with van der Waals surface area (Å²) in [5.74, 6) is 0.465. The maximum absolute atomic E-state index is 12.2. The van der Waals surface area contributed by atoms with Crippen molar-refractivity contribution in [2.24, 2.45) is 0 Å². The van der Waals surface area contributed by atoms with E-state index in [1.807, 2.05) is 22.8 Å². The van der Waals surface area contributed by atoms with Gasteiger partial charge in [-0.1, -0.05) is 55.6 Å². The van der Waals surface area contributed by atoms with Crippen LogP contribution in [0.25, 0.3) is 5.69 Å². The van der Waals surface area contributed by atoms with Gasteiger partial charge in [-0.3, -0.25) is 9.36 Å². The molecule has 24 heavy (non-hydrogen) atoms. The van der Waals surface area contributed by atoms with Crippen molar-refractivity contribution < 1.29 is 4.79 Å². The Kier molecular flexibility index (Phi) is 5.91. The minimum atomic E-state index is 0.0891. The quantitative estimate of drug-likeness (QED) is 0.666. The molecular weight excluding hydrogens is 320 g/mol. The van der Waals surface area contributed by atoms with E-state index in [-0.39, 0.29) is 5.91 Å². The molecular formula is C18H24N4OS. The summed E-state index contributed by atoms with van der Waals surface area (Å²) in [6.45, 7) is 2.06. The Morgan fingerprint density at radius 2 is 2.00 bits per heavy atom. The Balaban J connectivity index is 1.58. The number of amides is 1. The van der Waals surface area contributed by atoms with E-state index >= 15 is 0 Å². The van der Waals surface area contributed by atoms with Crippen LogP contribution in [-0.4, -0.2) is 32.5 Å². The lowest BCUT2D eigenvalue weighted by Gasteiger charge is -2.16. The molecule has 0 aliphatic heterocycles. The van der Waals surface area contributed by atoms with Crippen LogP contribution in [0.4, 0.5) is 0 Å². The zero-order chi connectivity index (χ0) is 16.8. The summed E-state index contributed by atoms with van der Waals surface area (Å²) in [5, 5.41) is 12.1. The lowest BCUT2D eigenvalue weighted by molar-refractivity contribution is -0.119. The highest BCUT2D eigenvalue weighted by molar-refractivity contribution is 7.99. The van der Waals surface area contributed by atoms with E-state index in [0.29, 0.717) is 11.8 Å². The standard InChI is InChI=1S/C18H24N4OS/c1-14-8-6-7-11-16(14)22-13-19-21-18(22)24-12-17(23)20-15-9-4-2-3-5-10-15/h6-8,11,13,15H,2-5,9-10,12H2,1H3,(H,20,23). The second-order valence-corrected chi connectivity index (χ2v) is 7.26. The molecule has 0 atom stereocenters. The van der Waals surface area contributed by atoms with Crippen LogP contribution in [0.1, 0.15) is 44.1 Å². The zero-order valence-electron chi connectivity index (χ0n) is 14.1. The van der Waals surface area contributed by atoms with Crippen LogP contribution in [0, 0.1) is 6.92 Å². The first-order chi connectivity index (χ1) is 11.7. The molecule has 1 aromatic heterocycles. The summed E-state index contributed by atoms with van der Waals surface area (Å²) in [6, 6.07) is 8.44. The molecule has 0 saturated heterocycles. The van der Waals surface area contributed by atoms with Gasteiger partial charge in [0.05, 0.1) is 11.4 Å². The van der Waals surface area contributed by atoms with E-state index in [1.54, 1.807) is 6.33 Å². The number of hydrogen-bond acceptors (Lipinski definition) is 4. The van der Waals surface area contributed by atoms with Crippen molar-refractivity contribution in [2.45, 2.75) is 56.6 Å². The number of nitrogens with one attached hydrogen (secondary N) is 1. The van der Waals surface area contributed by atoms with E-state index in [4.69, 9.17) is 0 Å². The molecule has 3 rings (SSSR count). The van der Waals surface area contributed by atoms with Crippen molar-refractivity contribution in [2.75, 3.05) is 5.75 Å². The van der Waals surface area contributed by atoms with Gasteiger partial charge in [-0.2, -0.15) is 0 Å². The lowest BCUT2D eigenvalue weighted by Crippen LogP contribution is -2.35. The first kappa shape index (κ1) is 17.0. The summed E-state index contributed by atoms with van der Waals surface area (Å²) in [7, 11) is 0. The second-order valence-electron chi connectivity index (χ2n) is 6.31. The van der Waals surface area contributed by atoms with Crippen molar-refractivity contribution in [3.05, 3.63) is 36.2 Å². The Morgan fingerprint density at radius 1 is 1.25 bits per heavy atom. The number of hydrogen-bond donors (Lipinski definition) is 1. The average molecular weight is 344 g/mol. The van der Waals surface area contributed by atoms with Crippen LogP contribution >= 0.6 is 11.8 Å². The van der Waals surface area contributed by atoms with Crippen LogP contribution in [0.5, 0.6) is 0 Å². The molecule has 0 spiro atoms. The largest absolute Gasteiger partial charge is 0.353 e. The molecule has 0 radical (unpaired) electrons. The van der Waals surface area contributed by atoms with E-state index in [0.717, 1.165) is 29.2 Å². The third-order valence-corrected chi connectivity index (χ3v) is 5.39. The van der Waals surface area contributed by atoms with Crippen molar-refractivity contribution in [1.29, 1.82) is 0 Å². The van der Waals surface area contributed by atoms with Gasteiger partial charge in [-0.05, 0) is 31.4 Å². The van der Waals surface area contributed by atoms with Gasteiger partial charge in [0.2, 0.25) is 5.91 Å². The third-order valence-electron chi connectivity index (χ3n) is 4.44. The fourth-order valence-corrected chi connectivity index (χ4v) is 3.88. The van der Waals surface area contributed by atoms with Gasteiger partial charge in [0, 0.05) is 6.04 Å². The van der Waals surface area contributed by atoms with Crippen LogP contribution < -0.4 is 5.32 Å². The normalized spacial score (nSPS) is 15.9. The molecule has 1 aliphatic carbocycles. The van der Waals surface area contributed by atoms with Crippen LogP contribution in [0.3, 0.4) is 0 Å². The molecule has 5 nitrogen and oxygen atoms in total. The first-order valence-electron chi connectivity index (χ1n) is 8.62. The summed E-state index contributed by atoms with van der Waals surface area (Å²) in [5.41, 5.74) is 2.20. The van der Waals surface area contributed by atoms with E-state index < -0.39 is 0 Å². The molecule has 1 N–H and O–H groups in total. The number of aromatic nitrogens is 3. The monoisotopic (exact) mass is 344 g/mol. The van der Waals surface area contributed by atoms with E-state index in [1.165, 1.54) is 37.4 Å². The molecule has 1 amide bonds. The predicted molar refractivity (Wildman–Crippen MR) is 96.5 cm³/mol. The molecule has 6 heteroatoms. The Morgan fingerprint density at radius 3 is 2.75 bits per heavy atom. The average Bonchev–Trinajstić information content (AvgIpc) is 2.89. The Hall–Kier alpha value is -1.82. The van der Waals surface area contributed by atoms with Gasteiger partial charge in [0.25, 0.3) is 0 Å². The fraction of sp³-hybridized carbons (Fsp3) is 0.500. The van der Waals surface area contributed by atoms with Gasteiger partial charge in [-0.15, -0.1) is 10.2 Å². The molecule has 1 aliphatic rings. The van der Waals surface area contributed by atoms with Gasteiger partial charge in [-0.25, -0.2) is 0 Å². The Bertz CT molecular complexity index is 677. The number of rotatable bonds is 5. The number of nitrogens with zero attached hydrogens (tertiary/aromatic N) is 3. The van der Waals surface area contributed by atoms with Crippen LogP contribution in [-0.2, 0) is 4.79 Å². The third kappa shape index (κ3) is 4.38. The highest BCUT2D eigenvalue weighted by Crippen LogP contribution is 2.22. The number of para-hydroxylation sites is 1. The smallest absolute Gasteiger partial charge is 0.230 e. The van der Waals surface area contributed by atoms with Crippen molar-refractivity contribution in [3.63, 3.8) is 0 Å². The first-order valence-corrected chi connectivity index (χ1v) is 9.61. The lowest BCUT2D eigenvalue weighted by atomic mass is 10.1. The SMILES string of the molecule is Cc1ccccc1-n1cnnc1SCC(=O)NC1CCCCCC1. The maximum Gasteiger partial charge on any atom is 0.230 e. The summed E-state index contributed by atoms with van der Waals surface area (Å²) in [4.78, 5) is 12.2. The van der Waals surface area contributed by atoms with Crippen molar-refractivity contribution in [1.82, 2.24) is 20.1 Å². The number of carbonyl (C=O) groups is 1. The van der Waals surface area contributed by atoms with Gasteiger partial charge in [0.15, 0.2) is 5.16 Å². The molecule has 2 aromatic rings. The number of benzene rings is 1. The van der Waals surface area contributed by atoms with Crippen molar-refractivity contribution >= 4 is 17.7 Å². The molecule has 0 unspecified atom stereocenters. The summed E-state index contributed by atoms with van der Waals surface area (Å²) < 4.78 is 1.94. The number of thioether (sulfide) groups is 1. The Labute approximate surface area is 147 Å². The number of aryl methyl sites for hydroxylation is 1. The zero-order valence-corrected chi connectivity index (χ0v) is 14.9. The molecule has 1 aromatic carbocycles. The molecule has 1 saturated carbocycles. The predicted octanol–water partition coefficient (Wildman–Crippen LogP) is 3.51. The van der Waals surface area contributed by atoms with Gasteiger partial charge < -0.3 is 5.32 Å². The second kappa shape index (κ2) is 8.33. The highest BCUT2D eigenvalue weighted by atomic mass is 32.2. The fourth-order valence-electron chi connectivity index (χ4n) is 3.14. The minimum Gasteiger partial charge on any atom is -0.353 e. The number of carbonyl (C=O) groups excluding carboxylic acids is 1. The van der Waals surface area contributed by atoms with Gasteiger partial charge >= 0.3 is 0 Å². The minimum absolute atomic E-state index is 0.0891. The van der Waals surface area contributed by atoms with Crippen LogP contribution in [0.2, 0.25) is 0 Å². The van der Waals surface area contributed by atoms with Crippen LogP contribution in [0.15, 0.2) is 35.7 Å². The maximum atomic E-state index is 12.2. The molecule has 1 fully saturated rings. The topological polar surface area (TPSA) is 59.8 Å². The van der Waals surface area contributed by atoms with E-state index in [2.05, 4.69) is 28.5 Å². The van der Waals surface area contributed by atoms with Crippen molar-refractivity contribution in [3.8, 4) is 5.69 Å². The summed E-state index contributed by atoms with van der Waals surface area (Å²) in [6.07, 6.45) is 8.94. The molecule has 128 valence electrons. The molecule has 1 heterocycles. The molecule has 0 bridgehead atoms. The van der Waals surface area contributed by atoms with E-state index in [9.17, 15) is 4.79 Å².